The van der Waals surface area contributed by atoms with Crippen LogP contribution < -0.4 is 5.32 Å². The molecule has 3 heterocycles. The molecule has 3 atom stereocenters. The maximum Gasteiger partial charge on any atom is 0.225 e. The smallest absolute Gasteiger partial charge is 0.225 e. The molecular weight excluding hydrogens is 328 g/mol. The second-order valence-corrected chi connectivity index (χ2v) is 8.29. The Bertz CT molecular complexity index is 591. The van der Waals surface area contributed by atoms with Gasteiger partial charge in [0.25, 0.3) is 0 Å². The quantitative estimate of drug-likeness (QED) is 0.876. The number of amides is 1. The van der Waals surface area contributed by atoms with Gasteiger partial charge in [0.1, 0.15) is 0 Å². The van der Waals surface area contributed by atoms with E-state index in [1.807, 2.05) is 0 Å². The maximum atomic E-state index is 12.4. The highest BCUT2D eigenvalue weighted by Crippen LogP contribution is 2.37. The zero-order valence-corrected chi connectivity index (χ0v) is 15.5. The number of ether oxygens (including phenoxy) is 1. The lowest BCUT2D eigenvalue weighted by Gasteiger charge is -2.32. The van der Waals surface area contributed by atoms with Crippen LogP contribution in [0.3, 0.4) is 0 Å². The lowest BCUT2D eigenvalue weighted by Crippen LogP contribution is -2.37. The summed E-state index contributed by atoms with van der Waals surface area (Å²) in [4.78, 5) is 23.2. The number of fused-ring (bicyclic) bond motifs is 1. The number of hydrogen-bond acceptors (Lipinski definition) is 5. The molecule has 4 rings (SSSR count). The van der Waals surface area contributed by atoms with Crippen molar-refractivity contribution in [3.05, 3.63) is 18.6 Å². The molecule has 1 N–H and O–H groups in total. The van der Waals surface area contributed by atoms with E-state index in [0.29, 0.717) is 36.6 Å². The molecule has 0 radical (unpaired) electrons. The van der Waals surface area contributed by atoms with Crippen molar-refractivity contribution in [2.45, 2.75) is 38.5 Å². The Morgan fingerprint density at radius 3 is 2.88 bits per heavy atom. The number of carbonyl (C=O) groups excluding carboxylic acids is 1. The highest BCUT2D eigenvalue weighted by molar-refractivity contribution is 5.89. The molecule has 2 saturated heterocycles. The first-order chi connectivity index (χ1) is 12.8. The Morgan fingerprint density at radius 1 is 1.19 bits per heavy atom. The summed E-state index contributed by atoms with van der Waals surface area (Å²) in [6.45, 7) is 5.07. The molecule has 0 bridgehead atoms. The summed E-state index contributed by atoms with van der Waals surface area (Å²) in [5.41, 5.74) is 0. The standard InChI is InChI=1S/C20H30N4O2/c25-20(23-19-9-21-6-7-22-19)8-16-13-26-14-17-11-24(12-18(16)17)10-15-4-2-1-3-5-15/h6-7,9,15-18H,1-5,8,10-14H2,(H,22,23,25)/t16-,17-,18+/m1/s1. The van der Waals surface area contributed by atoms with Gasteiger partial charge < -0.3 is 15.0 Å². The summed E-state index contributed by atoms with van der Waals surface area (Å²) >= 11 is 0. The third-order valence-corrected chi connectivity index (χ3v) is 6.36. The molecular formula is C20H30N4O2. The second kappa shape index (κ2) is 8.44. The fourth-order valence-corrected chi connectivity index (χ4v) is 5.08. The molecule has 1 saturated carbocycles. The summed E-state index contributed by atoms with van der Waals surface area (Å²) in [6.07, 6.45) is 12.3. The van der Waals surface area contributed by atoms with Crippen molar-refractivity contribution in [3.8, 4) is 0 Å². The molecule has 6 heteroatoms. The van der Waals surface area contributed by atoms with E-state index in [1.54, 1.807) is 18.6 Å². The van der Waals surface area contributed by atoms with Crippen LogP contribution in [0.1, 0.15) is 38.5 Å². The lowest BCUT2D eigenvalue weighted by molar-refractivity contribution is -0.119. The van der Waals surface area contributed by atoms with Gasteiger partial charge in [0.15, 0.2) is 5.82 Å². The summed E-state index contributed by atoms with van der Waals surface area (Å²) in [5.74, 6) is 2.90. The lowest BCUT2D eigenvalue weighted by atomic mass is 9.81. The predicted octanol–water partition coefficient (Wildman–Crippen LogP) is 2.58. The van der Waals surface area contributed by atoms with Crippen molar-refractivity contribution in [2.75, 3.05) is 38.2 Å². The minimum absolute atomic E-state index is 0.0190. The molecule has 1 amide bonds. The van der Waals surface area contributed by atoms with Crippen molar-refractivity contribution in [1.29, 1.82) is 0 Å². The zero-order valence-electron chi connectivity index (χ0n) is 15.5. The summed E-state index contributed by atoms with van der Waals surface area (Å²) < 4.78 is 5.85. The van der Waals surface area contributed by atoms with Crippen LogP contribution in [-0.2, 0) is 9.53 Å². The van der Waals surface area contributed by atoms with E-state index in [-0.39, 0.29) is 5.91 Å². The van der Waals surface area contributed by atoms with Gasteiger partial charge in [-0.05, 0) is 36.5 Å². The van der Waals surface area contributed by atoms with Gasteiger partial charge in [-0.3, -0.25) is 9.78 Å². The van der Waals surface area contributed by atoms with Gasteiger partial charge in [-0.2, -0.15) is 0 Å². The monoisotopic (exact) mass is 358 g/mol. The third kappa shape index (κ3) is 4.41. The number of aromatic nitrogens is 2. The molecule has 3 aliphatic rings. The topological polar surface area (TPSA) is 67.3 Å². The first kappa shape index (κ1) is 17.9. The van der Waals surface area contributed by atoms with Gasteiger partial charge in [-0.15, -0.1) is 0 Å². The molecule has 1 aliphatic carbocycles. The third-order valence-electron chi connectivity index (χ3n) is 6.36. The Morgan fingerprint density at radius 2 is 2.08 bits per heavy atom. The number of likely N-dealkylation sites (tertiary alicyclic amines) is 1. The number of anilines is 1. The molecule has 0 unspecified atom stereocenters. The van der Waals surface area contributed by atoms with Crippen LogP contribution in [0.4, 0.5) is 5.82 Å². The fraction of sp³-hybridized carbons (Fsp3) is 0.750. The number of nitrogens with zero attached hydrogens (tertiary/aromatic N) is 3. The van der Waals surface area contributed by atoms with E-state index in [0.717, 1.165) is 25.6 Å². The number of hydrogen-bond donors (Lipinski definition) is 1. The van der Waals surface area contributed by atoms with Gasteiger partial charge >= 0.3 is 0 Å². The zero-order chi connectivity index (χ0) is 17.8. The normalized spacial score (nSPS) is 30.1. The largest absolute Gasteiger partial charge is 0.381 e. The van der Waals surface area contributed by atoms with E-state index < -0.39 is 0 Å². The van der Waals surface area contributed by atoms with Crippen molar-refractivity contribution in [2.24, 2.45) is 23.7 Å². The van der Waals surface area contributed by atoms with E-state index in [2.05, 4.69) is 20.2 Å². The van der Waals surface area contributed by atoms with E-state index in [9.17, 15) is 4.79 Å². The minimum atomic E-state index is 0.0190. The number of carbonyl (C=O) groups is 1. The average molecular weight is 358 g/mol. The molecule has 0 spiro atoms. The number of nitrogens with one attached hydrogen (secondary N) is 1. The van der Waals surface area contributed by atoms with Crippen LogP contribution in [0, 0.1) is 23.7 Å². The second-order valence-electron chi connectivity index (χ2n) is 8.29. The number of rotatable bonds is 5. The van der Waals surface area contributed by atoms with Crippen LogP contribution in [0.15, 0.2) is 18.6 Å². The van der Waals surface area contributed by atoms with Gasteiger partial charge in [-0.25, -0.2) is 4.98 Å². The van der Waals surface area contributed by atoms with Gasteiger partial charge in [-0.1, -0.05) is 19.3 Å². The molecule has 1 aromatic heterocycles. The highest BCUT2D eigenvalue weighted by Gasteiger charge is 2.41. The summed E-state index contributed by atoms with van der Waals surface area (Å²) in [6, 6.07) is 0. The van der Waals surface area contributed by atoms with Crippen molar-refractivity contribution >= 4 is 11.7 Å². The Labute approximate surface area is 155 Å². The van der Waals surface area contributed by atoms with Gasteiger partial charge in [0, 0.05) is 38.4 Å². The summed E-state index contributed by atoms with van der Waals surface area (Å²) in [7, 11) is 0. The molecule has 0 aromatic carbocycles. The van der Waals surface area contributed by atoms with Crippen LogP contribution in [0.25, 0.3) is 0 Å². The van der Waals surface area contributed by atoms with E-state index in [1.165, 1.54) is 38.6 Å². The molecule has 3 fully saturated rings. The SMILES string of the molecule is O=C(C[C@@H]1COC[C@H]2CN(CC3CCCCC3)C[C@@H]12)Nc1cnccn1. The van der Waals surface area contributed by atoms with Gasteiger partial charge in [0.05, 0.1) is 19.4 Å². The van der Waals surface area contributed by atoms with Gasteiger partial charge in [0.2, 0.25) is 5.91 Å². The van der Waals surface area contributed by atoms with E-state index >= 15 is 0 Å². The summed E-state index contributed by atoms with van der Waals surface area (Å²) in [5, 5.41) is 2.86. The van der Waals surface area contributed by atoms with Crippen molar-refractivity contribution in [3.63, 3.8) is 0 Å². The first-order valence-electron chi connectivity index (χ1n) is 10.1. The minimum Gasteiger partial charge on any atom is -0.381 e. The molecule has 6 nitrogen and oxygen atoms in total. The van der Waals surface area contributed by atoms with E-state index in [4.69, 9.17) is 4.74 Å². The van der Waals surface area contributed by atoms with Crippen LogP contribution >= 0.6 is 0 Å². The first-order valence-corrected chi connectivity index (χ1v) is 10.1. The van der Waals surface area contributed by atoms with Crippen molar-refractivity contribution < 1.29 is 9.53 Å². The van der Waals surface area contributed by atoms with Crippen LogP contribution in [0.2, 0.25) is 0 Å². The fourth-order valence-electron chi connectivity index (χ4n) is 5.08. The molecule has 1 aromatic rings. The predicted molar refractivity (Wildman–Crippen MR) is 99.6 cm³/mol. The maximum absolute atomic E-state index is 12.4. The highest BCUT2D eigenvalue weighted by atomic mass is 16.5. The Hall–Kier alpha value is -1.53. The van der Waals surface area contributed by atoms with Crippen molar-refractivity contribution in [1.82, 2.24) is 14.9 Å². The molecule has 26 heavy (non-hydrogen) atoms. The molecule has 2 aliphatic heterocycles. The average Bonchev–Trinajstić information content (AvgIpc) is 3.07. The van der Waals surface area contributed by atoms with Crippen LogP contribution in [0.5, 0.6) is 0 Å². The Balaban J connectivity index is 1.30. The Kier molecular flexibility index (Phi) is 5.80. The molecule has 142 valence electrons. The van der Waals surface area contributed by atoms with Crippen LogP contribution in [-0.4, -0.2) is 53.6 Å².